The number of carboxylic acid groups (broad SMARTS) is 1. The van der Waals surface area contributed by atoms with Gasteiger partial charge in [-0.05, 0) is 24.1 Å². The number of ether oxygens (including phenoxy) is 1. The van der Waals surface area contributed by atoms with E-state index in [1.807, 2.05) is 30.3 Å². The van der Waals surface area contributed by atoms with Gasteiger partial charge in [0.05, 0.1) is 0 Å². The van der Waals surface area contributed by atoms with Crippen molar-refractivity contribution in [2.75, 3.05) is 5.75 Å². The van der Waals surface area contributed by atoms with Crippen LogP contribution in [0.5, 0.6) is 0 Å². The average Bonchev–Trinajstić information content (AvgIpc) is 2.85. The predicted molar refractivity (Wildman–Crippen MR) is 126 cm³/mol. The van der Waals surface area contributed by atoms with Crippen LogP contribution in [0.15, 0.2) is 78.0 Å². The van der Waals surface area contributed by atoms with Gasteiger partial charge < -0.3 is 15.2 Å². The number of fused-ring (bicyclic) bond motifs is 1. The number of esters is 1. The first-order chi connectivity index (χ1) is 16.4. The van der Waals surface area contributed by atoms with Gasteiger partial charge in [-0.2, -0.15) is 0 Å². The molecule has 34 heavy (non-hydrogen) atoms. The van der Waals surface area contributed by atoms with Crippen molar-refractivity contribution in [2.24, 2.45) is 0 Å². The molecule has 2 amide bonds. The molecule has 9 heteroatoms. The van der Waals surface area contributed by atoms with Crippen LogP contribution >= 0.6 is 11.8 Å². The van der Waals surface area contributed by atoms with Crippen molar-refractivity contribution >= 4 is 41.6 Å². The van der Waals surface area contributed by atoms with E-state index in [4.69, 9.17) is 4.74 Å². The van der Waals surface area contributed by atoms with Crippen molar-refractivity contribution in [3.05, 3.63) is 89.1 Å². The van der Waals surface area contributed by atoms with Crippen LogP contribution in [-0.2, 0) is 23.9 Å². The van der Waals surface area contributed by atoms with Crippen LogP contribution in [0.3, 0.4) is 0 Å². The molecule has 0 saturated carbocycles. The molecule has 0 aromatic heterocycles. The largest absolute Gasteiger partial charge is 0.477 e. The molecule has 2 heterocycles. The molecule has 4 rings (SSSR count). The van der Waals surface area contributed by atoms with E-state index in [0.29, 0.717) is 16.9 Å². The molecule has 2 aliphatic heterocycles. The van der Waals surface area contributed by atoms with Gasteiger partial charge in [-0.15, -0.1) is 11.8 Å². The molecule has 0 spiro atoms. The van der Waals surface area contributed by atoms with Crippen LogP contribution in [0.1, 0.15) is 24.2 Å². The summed E-state index contributed by atoms with van der Waals surface area (Å²) in [6.45, 7) is 1.67. The van der Waals surface area contributed by atoms with E-state index >= 15 is 0 Å². The number of hydrogen-bond donors (Lipinski definition) is 2. The zero-order chi connectivity index (χ0) is 24.2. The third-order valence-corrected chi connectivity index (χ3v) is 6.87. The normalized spacial score (nSPS) is 20.4. The molecule has 8 nitrogen and oxygen atoms in total. The summed E-state index contributed by atoms with van der Waals surface area (Å²) in [7, 11) is 0. The van der Waals surface area contributed by atoms with E-state index in [-0.39, 0.29) is 5.70 Å². The molecular formula is C25H22N2O6S. The number of nitrogens with zero attached hydrogens (tertiary/aromatic N) is 1. The van der Waals surface area contributed by atoms with Crippen molar-refractivity contribution in [3.63, 3.8) is 0 Å². The Balaban J connectivity index is 1.49. The van der Waals surface area contributed by atoms with Gasteiger partial charge in [0.25, 0.3) is 11.8 Å². The van der Waals surface area contributed by atoms with E-state index in [1.54, 1.807) is 43.3 Å². The molecule has 1 saturated heterocycles. The summed E-state index contributed by atoms with van der Waals surface area (Å²) in [6.07, 6.45) is 1.54. The number of benzene rings is 2. The maximum atomic E-state index is 13.1. The number of amides is 2. The van der Waals surface area contributed by atoms with Gasteiger partial charge in [-0.3, -0.25) is 14.5 Å². The first-order valence-corrected chi connectivity index (χ1v) is 11.6. The van der Waals surface area contributed by atoms with Gasteiger partial charge in [0.15, 0.2) is 0 Å². The van der Waals surface area contributed by atoms with Gasteiger partial charge >= 0.3 is 11.9 Å². The summed E-state index contributed by atoms with van der Waals surface area (Å²) in [6, 6.07) is 16.7. The highest BCUT2D eigenvalue weighted by molar-refractivity contribution is 8.00. The van der Waals surface area contributed by atoms with Crippen LogP contribution < -0.4 is 5.32 Å². The fraction of sp³-hybridized carbons (Fsp3) is 0.200. The van der Waals surface area contributed by atoms with E-state index in [1.165, 1.54) is 22.7 Å². The smallest absolute Gasteiger partial charge is 0.352 e. The maximum absolute atomic E-state index is 13.1. The average molecular weight is 479 g/mol. The van der Waals surface area contributed by atoms with Crippen LogP contribution in [0.2, 0.25) is 0 Å². The molecule has 2 unspecified atom stereocenters. The highest BCUT2D eigenvalue weighted by Crippen LogP contribution is 2.40. The van der Waals surface area contributed by atoms with E-state index in [0.717, 1.165) is 5.56 Å². The Morgan fingerprint density at radius 3 is 2.41 bits per heavy atom. The molecule has 0 radical (unpaired) electrons. The zero-order valence-corrected chi connectivity index (χ0v) is 19.0. The van der Waals surface area contributed by atoms with Gasteiger partial charge in [-0.1, -0.05) is 60.7 Å². The molecule has 174 valence electrons. The van der Waals surface area contributed by atoms with Crippen molar-refractivity contribution < 1.29 is 29.0 Å². The van der Waals surface area contributed by atoms with Gasteiger partial charge in [0.1, 0.15) is 17.1 Å². The molecule has 3 atom stereocenters. The van der Waals surface area contributed by atoms with Crippen LogP contribution in [-0.4, -0.2) is 50.9 Å². The minimum atomic E-state index is -1.28. The molecule has 2 aliphatic rings. The Bertz CT molecular complexity index is 1180. The Hall–Kier alpha value is -3.85. The molecule has 2 aromatic carbocycles. The number of carbonyl (C=O) groups is 4. The summed E-state index contributed by atoms with van der Waals surface area (Å²) in [5, 5.41) is 11.6. The number of rotatable bonds is 7. The summed E-state index contributed by atoms with van der Waals surface area (Å²) < 4.78 is 5.46. The highest BCUT2D eigenvalue weighted by atomic mass is 32.2. The molecule has 0 aliphatic carbocycles. The van der Waals surface area contributed by atoms with Gasteiger partial charge in [0.2, 0.25) is 6.10 Å². The SMILES string of the molecule is CC1=C(C(=O)O)N2C(=O)C(NC(=O)C(OC(=O)C=Cc3ccccc3)c3ccccc3)[C@@H]2SC1. The van der Waals surface area contributed by atoms with E-state index in [2.05, 4.69) is 5.32 Å². The Kier molecular flexibility index (Phi) is 6.83. The van der Waals surface area contributed by atoms with Crippen molar-refractivity contribution in [1.29, 1.82) is 0 Å². The lowest BCUT2D eigenvalue weighted by Gasteiger charge is -2.49. The van der Waals surface area contributed by atoms with Crippen LogP contribution in [0.4, 0.5) is 0 Å². The molecule has 2 N–H and O–H groups in total. The predicted octanol–water partition coefficient (Wildman–Crippen LogP) is 2.74. The summed E-state index contributed by atoms with van der Waals surface area (Å²) in [5.41, 5.74) is 1.79. The van der Waals surface area contributed by atoms with Crippen molar-refractivity contribution in [1.82, 2.24) is 10.2 Å². The topological polar surface area (TPSA) is 113 Å². The molecular weight excluding hydrogens is 456 g/mol. The quantitative estimate of drug-likeness (QED) is 0.357. The summed E-state index contributed by atoms with van der Waals surface area (Å²) >= 11 is 1.37. The highest BCUT2D eigenvalue weighted by Gasteiger charge is 2.54. The Morgan fingerprint density at radius 2 is 1.76 bits per heavy atom. The second kappa shape index (κ2) is 9.96. The minimum absolute atomic E-state index is 0.0451. The van der Waals surface area contributed by atoms with Crippen LogP contribution in [0.25, 0.3) is 6.08 Å². The molecule has 2 aromatic rings. The van der Waals surface area contributed by atoms with Gasteiger partial charge in [0, 0.05) is 17.4 Å². The number of nitrogens with one attached hydrogen (secondary N) is 1. The number of thioether (sulfide) groups is 1. The standard InChI is InChI=1S/C25H22N2O6S/c1-15-14-34-24-19(23(30)27(24)20(15)25(31)32)26-22(29)21(17-10-6-3-7-11-17)33-18(28)13-12-16-8-4-2-5-9-16/h2-13,19,21,24H,14H2,1H3,(H,26,29)(H,31,32)/t19?,21?,24-/m0/s1. The summed E-state index contributed by atoms with van der Waals surface area (Å²) in [4.78, 5) is 51.1. The first-order valence-electron chi connectivity index (χ1n) is 10.5. The van der Waals surface area contributed by atoms with Gasteiger partial charge in [-0.25, -0.2) is 9.59 Å². The van der Waals surface area contributed by atoms with E-state index < -0.39 is 41.3 Å². The number of carbonyl (C=O) groups excluding carboxylic acids is 3. The number of β-lactam (4-membered cyclic amide) rings is 1. The lowest BCUT2D eigenvalue weighted by Crippen LogP contribution is -2.70. The number of hydrogen-bond acceptors (Lipinski definition) is 6. The zero-order valence-electron chi connectivity index (χ0n) is 18.2. The van der Waals surface area contributed by atoms with Crippen molar-refractivity contribution in [3.8, 4) is 0 Å². The Labute approximate surface area is 200 Å². The summed E-state index contributed by atoms with van der Waals surface area (Å²) in [5.74, 6) is -2.63. The lowest BCUT2D eigenvalue weighted by atomic mass is 10.0. The third kappa shape index (κ3) is 4.74. The monoisotopic (exact) mass is 478 g/mol. The Morgan fingerprint density at radius 1 is 1.12 bits per heavy atom. The third-order valence-electron chi connectivity index (χ3n) is 5.45. The van der Waals surface area contributed by atoms with Crippen LogP contribution in [0, 0.1) is 0 Å². The fourth-order valence-corrected chi connectivity index (χ4v) is 5.08. The first kappa shape index (κ1) is 23.3. The lowest BCUT2D eigenvalue weighted by molar-refractivity contribution is -0.156. The second-order valence-corrected chi connectivity index (χ2v) is 8.91. The number of carboxylic acids is 1. The minimum Gasteiger partial charge on any atom is -0.477 e. The van der Waals surface area contributed by atoms with E-state index in [9.17, 15) is 24.3 Å². The van der Waals surface area contributed by atoms with Crippen molar-refractivity contribution in [2.45, 2.75) is 24.4 Å². The molecule has 0 bridgehead atoms. The maximum Gasteiger partial charge on any atom is 0.352 e. The second-order valence-electron chi connectivity index (χ2n) is 7.80. The fourth-order valence-electron chi connectivity index (χ4n) is 3.79. The molecule has 1 fully saturated rings. The number of aliphatic carboxylic acids is 1.